The summed E-state index contributed by atoms with van der Waals surface area (Å²) in [4.78, 5) is 30.9. The molecule has 2 heterocycles. The number of carbonyl (C=O) groups excluding carboxylic acids is 1. The fourth-order valence-electron chi connectivity index (χ4n) is 3.17. The molecule has 30 heavy (non-hydrogen) atoms. The standard InChI is InChI=1S/C23H19ClN2O3S/c1-14-7-9-16(10-8-14)18-12-30-21-20(18)22(27)26(13-25-21)15(2)23(28)29-11-17-5-3-4-6-19(17)24/h3-10,12-13,15H,11H2,1-2H3/t15-/m0/s1. The van der Waals surface area contributed by atoms with E-state index in [0.717, 1.165) is 16.7 Å². The molecule has 0 spiro atoms. The summed E-state index contributed by atoms with van der Waals surface area (Å²) in [6.45, 7) is 3.68. The summed E-state index contributed by atoms with van der Waals surface area (Å²) < 4.78 is 6.71. The van der Waals surface area contributed by atoms with E-state index in [1.807, 2.05) is 48.7 Å². The molecule has 0 unspecified atom stereocenters. The number of ether oxygens (including phenoxy) is 1. The summed E-state index contributed by atoms with van der Waals surface area (Å²) in [5.74, 6) is -0.523. The molecule has 0 aliphatic carbocycles. The van der Waals surface area contributed by atoms with Crippen molar-refractivity contribution >= 4 is 39.1 Å². The van der Waals surface area contributed by atoms with Crippen molar-refractivity contribution in [1.82, 2.24) is 9.55 Å². The molecule has 0 amide bonds. The molecule has 0 aliphatic heterocycles. The average Bonchev–Trinajstić information content (AvgIpc) is 3.18. The minimum absolute atomic E-state index is 0.0420. The highest BCUT2D eigenvalue weighted by atomic mass is 35.5. The zero-order valence-corrected chi connectivity index (χ0v) is 18.0. The Kier molecular flexibility index (Phi) is 5.70. The maximum Gasteiger partial charge on any atom is 0.329 e. The molecular formula is C23H19ClN2O3S. The maximum absolute atomic E-state index is 13.2. The van der Waals surface area contributed by atoms with Crippen LogP contribution in [0.15, 0.2) is 65.0 Å². The zero-order valence-electron chi connectivity index (χ0n) is 16.5. The molecular weight excluding hydrogens is 420 g/mol. The number of halogens is 1. The van der Waals surface area contributed by atoms with Gasteiger partial charge in [0.1, 0.15) is 17.5 Å². The molecule has 0 saturated heterocycles. The molecule has 2 aromatic heterocycles. The van der Waals surface area contributed by atoms with Gasteiger partial charge in [-0.25, -0.2) is 9.78 Å². The van der Waals surface area contributed by atoms with Gasteiger partial charge in [0.05, 0.1) is 11.7 Å². The highest BCUT2D eigenvalue weighted by molar-refractivity contribution is 7.17. The van der Waals surface area contributed by atoms with E-state index >= 15 is 0 Å². The van der Waals surface area contributed by atoms with Crippen molar-refractivity contribution in [3.05, 3.63) is 86.7 Å². The van der Waals surface area contributed by atoms with Crippen molar-refractivity contribution in [3.63, 3.8) is 0 Å². The molecule has 0 fully saturated rings. The Morgan fingerprint density at radius 1 is 1.20 bits per heavy atom. The number of thiophene rings is 1. The highest BCUT2D eigenvalue weighted by Gasteiger charge is 2.21. The highest BCUT2D eigenvalue weighted by Crippen LogP contribution is 2.31. The van der Waals surface area contributed by atoms with Crippen LogP contribution in [0.5, 0.6) is 0 Å². The second kappa shape index (κ2) is 8.42. The number of esters is 1. The van der Waals surface area contributed by atoms with Crippen LogP contribution in [0.2, 0.25) is 5.02 Å². The van der Waals surface area contributed by atoms with Crippen LogP contribution >= 0.6 is 22.9 Å². The minimum Gasteiger partial charge on any atom is -0.459 e. The summed E-state index contributed by atoms with van der Waals surface area (Å²) in [6.07, 6.45) is 1.40. The molecule has 4 aromatic rings. The lowest BCUT2D eigenvalue weighted by Gasteiger charge is -2.14. The van der Waals surface area contributed by atoms with E-state index in [9.17, 15) is 9.59 Å². The van der Waals surface area contributed by atoms with Crippen LogP contribution in [0.25, 0.3) is 21.3 Å². The first kappa shape index (κ1) is 20.3. The lowest BCUT2D eigenvalue weighted by molar-refractivity contribution is -0.148. The van der Waals surface area contributed by atoms with Crippen molar-refractivity contribution in [1.29, 1.82) is 0 Å². The van der Waals surface area contributed by atoms with Crippen LogP contribution in [-0.2, 0) is 16.1 Å². The van der Waals surface area contributed by atoms with Gasteiger partial charge < -0.3 is 4.74 Å². The third-order valence-corrected chi connectivity index (χ3v) is 6.22. The van der Waals surface area contributed by atoms with Crippen LogP contribution in [0, 0.1) is 6.92 Å². The number of aromatic nitrogens is 2. The monoisotopic (exact) mass is 438 g/mol. The predicted octanol–water partition coefficient (Wildman–Crippen LogP) is 5.39. The predicted molar refractivity (Wildman–Crippen MR) is 120 cm³/mol. The van der Waals surface area contributed by atoms with Crippen molar-refractivity contribution < 1.29 is 9.53 Å². The Bertz CT molecular complexity index is 1280. The Labute approximate surface area is 182 Å². The maximum atomic E-state index is 13.2. The second-order valence-electron chi connectivity index (χ2n) is 7.03. The van der Waals surface area contributed by atoms with E-state index in [-0.39, 0.29) is 12.2 Å². The minimum atomic E-state index is -0.817. The van der Waals surface area contributed by atoms with E-state index in [1.54, 1.807) is 19.1 Å². The van der Waals surface area contributed by atoms with Crippen molar-refractivity contribution in [2.75, 3.05) is 0 Å². The lowest BCUT2D eigenvalue weighted by atomic mass is 10.1. The van der Waals surface area contributed by atoms with E-state index < -0.39 is 12.0 Å². The topological polar surface area (TPSA) is 61.2 Å². The molecule has 1 atom stereocenters. The van der Waals surface area contributed by atoms with Crippen LogP contribution in [0.3, 0.4) is 0 Å². The van der Waals surface area contributed by atoms with Gasteiger partial charge in [-0.15, -0.1) is 11.3 Å². The van der Waals surface area contributed by atoms with E-state index in [2.05, 4.69) is 4.98 Å². The third-order valence-electron chi connectivity index (χ3n) is 4.97. The number of nitrogens with zero attached hydrogens (tertiary/aromatic N) is 2. The first-order valence-electron chi connectivity index (χ1n) is 9.41. The van der Waals surface area contributed by atoms with Gasteiger partial charge in [0.2, 0.25) is 0 Å². The van der Waals surface area contributed by atoms with Crippen LogP contribution < -0.4 is 5.56 Å². The summed E-state index contributed by atoms with van der Waals surface area (Å²) in [5.41, 5.74) is 3.35. The lowest BCUT2D eigenvalue weighted by Crippen LogP contribution is -2.29. The smallest absolute Gasteiger partial charge is 0.329 e. The van der Waals surface area contributed by atoms with E-state index in [4.69, 9.17) is 16.3 Å². The molecule has 0 bridgehead atoms. The van der Waals surface area contributed by atoms with Gasteiger partial charge in [-0.05, 0) is 25.5 Å². The number of rotatable bonds is 5. The molecule has 5 nitrogen and oxygen atoms in total. The summed E-state index contributed by atoms with van der Waals surface area (Å²) in [5, 5.41) is 2.96. The van der Waals surface area contributed by atoms with Gasteiger partial charge in [0.25, 0.3) is 5.56 Å². The van der Waals surface area contributed by atoms with E-state index in [1.165, 1.54) is 22.2 Å². The number of aryl methyl sites for hydroxylation is 1. The Morgan fingerprint density at radius 2 is 1.93 bits per heavy atom. The summed E-state index contributed by atoms with van der Waals surface area (Å²) in [7, 11) is 0. The number of hydrogen-bond donors (Lipinski definition) is 0. The Balaban J connectivity index is 1.63. The molecule has 0 N–H and O–H groups in total. The molecule has 7 heteroatoms. The fourth-order valence-corrected chi connectivity index (χ4v) is 4.26. The van der Waals surface area contributed by atoms with Crippen LogP contribution in [-0.4, -0.2) is 15.5 Å². The number of fused-ring (bicyclic) bond motifs is 1. The normalized spacial score (nSPS) is 12.1. The van der Waals surface area contributed by atoms with Gasteiger partial charge >= 0.3 is 5.97 Å². The quantitative estimate of drug-likeness (QED) is 0.392. The Morgan fingerprint density at radius 3 is 2.67 bits per heavy atom. The van der Waals surface area contributed by atoms with Gasteiger partial charge in [0.15, 0.2) is 0 Å². The third kappa shape index (κ3) is 3.88. The van der Waals surface area contributed by atoms with Gasteiger partial charge in [-0.3, -0.25) is 9.36 Å². The summed E-state index contributed by atoms with van der Waals surface area (Å²) in [6, 6.07) is 14.3. The van der Waals surface area contributed by atoms with Crippen LogP contribution in [0.4, 0.5) is 0 Å². The van der Waals surface area contributed by atoms with Crippen molar-refractivity contribution in [3.8, 4) is 11.1 Å². The number of carbonyl (C=O) groups is 1. The van der Waals surface area contributed by atoms with Gasteiger partial charge in [-0.1, -0.05) is 59.6 Å². The van der Waals surface area contributed by atoms with E-state index in [0.29, 0.717) is 20.8 Å². The summed E-state index contributed by atoms with van der Waals surface area (Å²) >= 11 is 7.52. The zero-order chi connectivity index (χ0) is 21.3. The SMILES string of the molecule is Cc1ccc(-c2csc3ncn([C@@H](C)C(=O)OCc4ccccc4Cl)c(=O)c23)cc1. The van der Waals surface area contributed by atoms with Crippen molar-refractivity contribution in [2.24, 2.45) is 0 Å². The molecule has 4 rings (SSSR count). The molecule has 152 valence electrons. The molecule has 0 saturated carbocycles. The second-order valence-corrected chi connectivity index (χ2v) is 8.29. The van der Waals surface area contributed by atoms with Crippen LogP contribution in [0.1, 0.15) is 24.1 Å². The van der Waals surface area contributed by atoms with Crippen molar-refractivity contribution in [2.45, 2.75) is 26.5 Å². The average molecular weight is 439 g/mol. The Hall–Kier alpha value is -2.96. The largest absolute Gasteiger partial charge is 0.459 e. The van der Waals surface area contributed by atoms with Gasteiger partial charge in [0, 0.05) is 21.5 Å². The first-order valence-corrected chi connectivity index (χ1v) is 10.7. The fraction of sp³-hybridized carbons (Fsp3) is 0.174. The molecule has 0 aliphatic rings. The molecule has 0 radical (unpaired) electrons. The first-order chi connectivity index (χ1) is 14.5. The molecule has 2 aromatic carbocycles. The van der Waals surface area contributed by atoms with Gasteiger partial charge in [-0.2, -0.15) is 0 Å². The number of hydrogen-bond acceptors (Lipinski definition) is 5. The number of benzene rings is 2.